The highest BCUT2D eigenvalue weighted by Crippen LogP contribution is 1.95. The molecule has 0 aliphatic rings. The van der Waals surface area contributed by atoms with Gasteiger partial charge in [0.25, 0.3) is 0 Å². The molecule has 4 nitrogen and oxygen atoms in total. The van der Waals surface area contributed by atoms with Gasteiger partial charge in [-0.1, -0.05) is 13.8 Å². The number of aromatic amines is 1. The number of aromatic nitrogens is 2. The summed E-state index contributed by atoms with van der Waals surface area (Å²) < 4.78 is 0. The van der Waals surface area contributed by atoms with E-state index in [0.717, 1.165) is 5.69 Å². The Kier molecular flexibility index (Phi) is 3.95. The van der Waals surface area contributed by atoms with Crippen molar-refractivity contribution in [2.75, 3.05) is 0 Å². The van der Waals surface area contributed by atoms with E-state index in [9.17, 15) is 4.79 Å². The molecule has 0 amide bonds. The van der Waals surface area contributed by atoms with Gasteiger partial charge in [-0.2, -0.15) is 5.10 Å². The molecular formula is C7H12N2O2. The minimum Gasteiger partial charge on any atom is -0.476 e. The Morgan fingerprint density at radius 2 is 2.18 bits per heavy atom. The highest BCUT2D eigenvalue weighted by molar-refractivity contribution is 5.85. The zero-order valence-electron chi connectivity index (χ0n) is 6.88. The normalized spacial score (nSPS) is 8.27. The lowest BCUT2D eigenvalue weighted by Gasteiger charge is -1.77. The summed E-state index contributed by atoms with van der Waals surface area (Å²) in [5.74, 6) is -1.00. The van der Waals surface area contributed by atoms with E-state index in [1.54, 1.807) is 6.92 Å². The highest BCUT2D eigenvalue weighted by atomic mass is 16.4. The van der Waals surface area contributed by atoms with E-state index in [1.807, 2.05) is 13.8 Å². The van der Waals surface area contributed by atoms with Crippen LogP contribution in [0.4, 0.5) is 0 Å². The molecule has 0 radical (unpaired) electrons. The maximum atomic E-state index is 10.1. The molecule has 0 atom stereocenters. The van der Waals surface area contributed by atoms with Crippen LogP contribution in [0.5, 0.6) is 0 Å². The van der Waals surface area contributed by atoms with Crippen LogP contribution in [-0.4, -0.2) is 21.3 Å². The lowest BCUT2D eigenvalue weighted by Crippen LogP contribution is -1.95. The van der Waals surface area contributed by atoms with Crippen molar-refractivity contribution in [3.8, 4) is 0 Å². The summed E-state index contributed by atoms with van der Waals surface area (Å²) in [4.78, 5) is 10.1. The maximum absolute atomic E-state index is 10.1. The summed E-state index contributed by atoms with van der Waals surface area (Å²) in [6.07, 6.45) is 0. The molecule has 0 fully saturated rings. The summed E-state index contributed by atoms with van der Waals surface area (Å²) in [7, 11) is 0. The summed E-state index contributed by atoms with van der Waals surface area (Å²) >= 11 is 0. The van der Waals surface area contributed by atoms with Gasteiger partial charge in [-0.15, -0.1) is 0 Å². The molecule has 0 aliphatic carbocycles. The van der Waals surface area contributed by atoms with Crippen LogP contribution >= 0.6 is 0 Å². The van der Waals surface area contributed by atoms with Gasteiger partial charge in [0.05, 0.1) is 0 Å². The number of rotatable bonds is 1. The molecule has 1 heterocycles. The van der Waals surface area contributed by atoms with E-state index in [-0.39, 0.29) is 5.69 Å². The number of H-pyrrole nitrogens is 1. The van der Waals surface area contributed by atoms with Crippen LogP contribution < -0.4 is 0 Å². The van der Waals surface area contributed by atoms with E-state index < -0.39 is 5.97 Å². The number of nitrogens with zero attached hydrogens (tertiary/aromatic N) is 1. The molecule has 2 N–H and O–H groups in total. The third kappa shape index (κ3) is 2.84. The van der Waals surface area contributed by atoms with Crippen molar-refractivity contribution in [3.05, 3.63) is 17.5 Å². The number of nitrogens with one attached hydrogen (secondary N) is 1. The largest absolute Gasteiger partial charge is 0.476 e. The average Bonchev–Trinajstić information content (AvgIpc) is 2.40. The molecule has 0 unspecified atom stereocenters. The number of hydrogen-bond acceptors (Lipinski definition) is 2. The Hall–Kier alpha value is -1.32. The zero-order valence-corrected chi connectivity index (χ0v) is 6.88. The molecule has 0 spiro atoms. The van der Waals surface area contributed by atoms with Gasteiger partial charge in [-0.05, 0) is 13.0 Å². The second-order valence-corrected chi connectivity index (χ2v) is 1.74. The molecule has 0 aromatic carbocycles. The van der Waals surface area contributed by atoms with Crippen molar-refractivity contribution in [2.24, 2.45) is 0 Å². The molecule has 11 heavy (non-hydrogen) atoms. The van der Waals surface area contributed by atoms with Crippen molar-refractivity contribution in [2.45, 2.75) is 20.8 Å². The Bertz CT molecular complexity index is 230. The van der Waals surface area contributed by atoms with Crippen molar-refractivity contribution in [1.29, 1.82) is 0 Å². The third-order valence-electron chi connectivity index (χ3n) is 0.925. The molecule has 0 bridgehead atoms. The number of aromatic carboxylic acids is 1. The molecule has 4 heteroatoms. The molecule has 1 aromatic heterocycles. The average molecular weight is 156 g/mol. The quantitative estimate of drug-likeness (QED) is 0.646. The highest BCUT2D eigenvalue weighted by Gasteiger charge is 2.03. The van der Waals surface area contributed by atoms with E-state index >= 15 is 0 Å². The van der Waals surface area contributed by atoms with E-state index in [1.165, 1.54) is 6.07 Å². The first-order chi connectivity index (χ1) is 5.20. The molecule has 62 valence electrons. The van der Waals surface area contributed by atoms with Gasteiger partial charge in [-0.25, -0.2) is 4.79 Å². The second-order valence-electron chi connectivity index (χ2n) is 1.74. The van der Waals surface area contributed by atoms with Crippen LogP contribution in [-0.2, 0) is 0 Å². The smallest absolute Gasteiger partial charge is 0.356 e. The van der Waals surface area contributed by atoms with Crippen molar-refractivity contribution >= 4 is 5.97 Å². The summed E-state index contributed by atoms with van der Waals surface area (Å²) in [6, 6.07) is 1.47. The maximum Gasteiger partial charge on any atom is 0.356 e. The monoisotopic (exact) mass is 156 g/mol. The number of carbonyl (C=O) groups is 1. The van der Waals surface area contributed by atoms with Crippen LogP contribution in [0.1, 0.15) is 30.0 Å². The number of aryl methyl sites for hydroxylation is 1. The molecule has 0 aliphatic heterocycles. The number of hydrogen-bond donors (Lipinski definition) is 2. The molecule has 0 saturated carbocycles. The van der Waals surface area contributed by atoms with Crippen LogP contribution in [0, 0.1) is 6.92 Å². The van der Waals surface area contributed by atoms with Crippen LogP contribution in [0.2, 0.25) is 0 Å². The van der Waals surface area contributed by atoms with Crippen LogP contribution in [0.25, 0.3) is 0 Å². The Labute approximate surface area is 65.3 Å². The standard InChI is InChI=1S/C5H6N2O2.C2H6/c1-3-2-4(5(8)9)7-6-3;1-2/h2H,1H3,(H,6,7)(H,8,9);1-2H3. The number of carboxylic acid groups (broad SMARTS) is 1. The first-order valence-electron chi connectivity index (χ1n) is 3.45. The molecule has 0 saturated heterocycles. The predicted octanol–water partition coefficient (Wildman–Crippen LogP) is 1.44. The Morgan fingerprint density at radius 1 is 1.64 bits per heavy atom. The van der Waals surface area contributed by atoms with E-state index in [0.29, 0.717) is 0 Å². The van der Waals surface area contributed by atoms with E-state index in [4.69, 9.17) is 5.11 Å². The lowest BCUT2D eigenvalue weighted by atomic mass is 10.4. The Balaban J connectivity index is 0.000000461. The third-order valence-corrected chi connectivity index (χ3v) is 0.925. The summed E-state index contributed by atoms with van der Waals surface area (Å²) in [5, 5.41) is 14.3. The molecular weight excluding hydrogens is 144 g/mol. The molecule has 1 aromatic rings. The predicted molar refractivity (Wildman–Crippen MR) is 41.6 cm³/mol. The van der Waals surface area contributed by atoms with Gasteiger partial charge < -0.3 is 5.11 Å². The van der Waals surface area contributed by atoms with Crippen molar-refractivity contribution in [3.63, 3.8) is 0 Å². The first-order valence-corrected chi connectivity index (χ1v) is 3.45. The van der Waals surface area contributed by atoms with Crippen molar-refractivity contribution < 1.29 is 9.90 Å². The Morgan fingerprint density at radius 3 is 2.36 bits per heavy atom. The summed E-state index contributed by atoms with van der Waals surface area (Å²) in [5.41, 5.74) is 0.819. The van der Waals surface area contributed by atoms with Crippen LogP contribution in [0.3, 0.4) is 0 Å². The first kappa shape index (κ1) is 9.68. The minimum atomic E-state index is -1.00. The van der Waals surface area contributed by atoms with Crippen molar-refractivity contribution in [1.82, 2.24) is 10.2 Å². The van der Waals surface area contributed by atoms with Gasteiger partial charge in [-0.3, -0.25) is 5.10 Å². The van der Waals surface area contributed by atoms with Gasteiger partial charge >= 0.3 is 5.97 Å². The van der Waals surface area contributed by atoms with Gasteiger partial charge in [0.15, 0.2) is 5.69 Å². The van der Waals surface area contributed by atoms with Gasteiger partial charge in [0.2, 0.25) is 0 Å². The molecule has 1 rings (SSSR count). The summed E-state index contributed by atoms with van der Waals surface area (Å²) in [6.45, 7) is 5.75. The second kappa shape index (κ2) is 4.49. The topological polar surface area (TPSA) is 66.0 Å². The van der Waals surface area contributed by atoms with Gasteiger partial charge in [0, 0.05) is 5.69 Å². The minimum absolute atomic E-state index is 0.0625. The number of carboxylic acids is 1. The fraction of sp³-hybridized carbons (Fsp3) is 0.429. The van der Waals surface area contributed by atoms with E-state index in [2.05, 4.69) is 10.2 Å². The van der Waals surface area contributed by atoms with Gasteiger partial charge in [0.1, 0.15) is 0 Å². The van der Waals surface area contributed by atoms with Crippen LogP contribution in [0.15, 0.2) is 6.07 Å². The fourth-order valence-corrected chi connectivity index (χ4v) is 0.528. The zero-order chi connectivity index (χ0) is 8.85. The SMILES string of the molecule is CC.Cc1cc(C(=O)O)n[nH]1. The fourth-order valence-electron chi connectivity index (χ4n) is 0.528. The lowest BCUT2D eigenvalue weighted by molar-refractivity contribution is 0.0690.